The Morgan fingerprint density at radius 3 is 2.53 bits per heavy atom. The quantitative estimate of drug-likeness (QED) is 0.486. The second kappa shape index (κ2) is 11.0. The van der Waals surface area contributed by atoms with Gasteiger partial charge in [-0.15, -0.1) is 0 Å². The van der Waals surface area contributed by atoms with Gasteiger partial charge in [-0.2, -0.15) is 4.98 Å². The van der Waals surface area contributed by atoms with Crippen LogP contribution in [0, 0.1) is 0 Å². The predicted molar refractivity (Wildman–Crippen MR) is 136 cm³/mol. The van der Waals surface area contributed by atoms with Crippen molar-refractivity contribution >= 4 is 17.5 Å². The van der Waals surface area contributed by atoms with Gasteiger partial charge >= 0.3 is 0 Å². The van der Waals surface area contributed by atoms with E-state index >= 15 is 0 Å². The van der Waals surface area contributed by atoms with E-state index in [1.165, 1.54) is 18.8 Å². The number of carbonyl (C=O) groups is 1. The number of aryl methyl sites for hydroxylation is 1. The van der Waals surface area contributed by atoms with Gasteiger partial charge in [-0.1, -0.05) is 31.0 Å². The molecular formula is C26H29ClN4O5. The largest absolute Gasteiger partial charge is 0.494 e. The summed E-state index contributed by atoms with van der Waals surface area (Å²) in [6, 6.07) is 8.74. The van der Waals surface area contributed by atoms with Crippen molar-refractivity contribution in [3.63, 3.8) is 0 Å². The molecule has 1 amide bonds. The Morgan fingerprint density at radius 2 is 1.92 bits per heavy atom. The van der Waals surface area contributed by atoms with Crippen LogP contribution in [0.2, 0.25) is 5.02 Å². The molecule has 9 nitrogen and oxygen atoms in total. The summed E-state index contributed by atoms with van der Waals surface area (Å²) in [5.41, 5.74) is 0.107. The third kappa shape index (κ3) is 4.88. The number of hydrogen-bond donors (Lipinski definition) is 1. The van der Waals surface area contributed by atoms with E-state index in [0.29, 0.717) is 54.0 Å². The van der Waals surface area contributed by atoms with Crippen LogP contribution in [0.1, 0.15) is 54.0 Å². The molecule has 0 saturated carbocycles. The highest BCUT2D eigenvalue weighted by molar-refractivity contribution is 6.30. The number of nitrogens with zero attached hydrogens (tertiary/aromatic N) is 4. The molecule has 3 heterocycles. The summed E-state index contributed by atoms with van der Waals surface area (Å²) in [4.78, 5) is 37.7. The molecule has 1 aromatic carbocycles. The van der Waals surface area contributed by atoms with Gasteiger partial charge in [-0.25, -0.2) is 0 Å². The lowest BCUT2D eigenvalue weighted by molar-refractivity contribution is 0.0784. The first-order chi connectivity index (χ1) is 17.4. The Morgan fingerprint density at radius 1 is 1.19 bits per heavy atom. The second-order valence-electron chi connectivity index (χ2n) is 8.62. The zero-order valence-electron chi connectivity index (χ0n) is 20.5. The van der Waals surface area contributed by atoms with E-state index < -0.39 is 17.3 Å². The van der Waals surface area contributed by atoms with Gasteiger partial charge in [0, 0.05) is 37.3 Å². The highest BCUT2D eigenvalue weighted by Crippen LogP contribution is 2.34. The van der Waals surface area contributed by atoms with Crippen molar-refractivity contribution in [3.8, 4) is 23.1 Å². The molecule has 0 radical (unpaired) electrons. The minimum atomic E-state index is -0.672. The van der Waals surface area contributed by atoms with Crippen molar-refractivity contribution in [2.45, 2.75) is 38.5 Å². The summed E-state index contributed by atoms with van der Waals surface area (Å²) in [6.45, 7) is 2.80. The maximum absolute atomic E-state index is 13.9. The first-order valence-corrected chi connectivity index (χ1v) is 12.2. The number of carbonyl (C=O) groups excluding carboxylic acids is 1. The molecule has 0 spiro atoms. The van der Waals surface area contributed by atoms with Crippen LogP contribution in [-0.4, -0.2) is 57.8 Å². The van der Waals surface area contributed by atoms with E-state index in [0.717, 1.165) is 18.5 Å². The molecule has 1 aliphatic rings. The Balaban J connectivity index is 1.78. The number of ether oxygens (including phenoxy) is 2. The molecule has 10 heteroatoms. The fraction of sp³-hybridized carbons (Fsp3) is 0.385. The number of pyridine rings is 1. The third-order valence-electron chi connectivity index (χ3n) is 6.37. The van der Waals surface area contributed by atoms with Crippen molar-refractivity contribution < 1.29 is 19.4 Å². The maximum Gasteiger partial charge on any atom is 0.275 e. The van der Waals surface area contributed by atoms with E-state index in [1.54, 1.807) is 35.4 Å². The van der Waals surface area contributed by atoms with Crippen LogP contribution in [0.25, 0.3) is 5.69 Å². The number of aromatic nitrogens is 3. The Bertz CT molecular complexity index is 1290. The molecule has 1 fully saturated rings. The first-order valence-electron chi connectivity index (χ1n) is 11.9. The molecule has 3 aromatic rings. The van der Waals surface area contributed by atoms with Crippen LogP contribution >= 0.6 is 11.6 Å². The molecule has 1 atom stereocenters. The number of unbranched alkanes of at least 4 members (excludes halogenated alkanes) is 1. The lowest BCUT2D eigenvalue weighted by Crippen LogP contribution is -2.37. The third-order valence-corrected chi connectivity index (χ3v) is 6.59. The number of amides is 1. The smallest absolute Gasteiger partial charge is 0.275 e. The fourth-order valence-corrected chi connectivity index (χ4v) is 4.61. The normalized spacial score (nSPS) is 15.2. The summed E-state index contributed by atoms with van der Waals surface area (Å²) in [5, 5.41) is 11.3. The van der Waals surface area contributed by atoms with Crippen LogP contribution in [-0.2, 0) is 6.42 Å². The van der Waals surface area contributed by atoms with Gasteiger partial charge in [0.05, 0.1) is 19.2 Å². The van der Waals surface area contributed by atoms with E-state index in [2.05, 4.69) is 9.97 Å². The molecule has 0 bridgehead atoms. The van der Waals surface area contributed by atoms with Crippen LogP contribution in [0.3, 0.4) is 0 Å². The maximum atomic E-state index is 13.9. The first kappa shape index (κ1) is 25.5. The monoisotopic (exact) mass is 512 g/mol. The van der Waals surface area contributed by atoms with Gasteiger partial charge in [-0.05, 0) is 37.1 Å². The van der Waals surface area contributed by atoms with E-state index in [1.807, 2.05) is 13.0 Å². The number of hydrogen-bond acceptors (Lipinski definition) is 7. The molecular weight excluding hydrogens is 484 g/mol. The number of para-hydroxylation sites is 1. The molecule has 190 valence electrons. The van der Waals surface area contributed by atoms with E-state index in [4.69, 9.17) is 21.1 Å². The van der Waals surface area contributed by atoms with Crippen LogP contribution in [0.15, 0.2) is 41.3 Å². The number of halogens is 1. The number of rotatable bonds is 8. The summed E-state index contributed by atoms with van der Waals surface area (Å²) in [6.07, 6.45) is 4.26. The number of likely N-dealkylation sites (tertiary alicyclic amines) is 1. The van der Waals surface area contributed by atoms with Gasteiger partial charge in [0.15, 0.2) is 5.56 Å². The Hall–Kier alpha value is -3.59. The average Bonchev–Trinajstić information content (AvgIpc) is 3.38. The highest BCUT2D eigenvalue weighted by atomic mass is 35.5. The van der Waals surface area contributed by atoms with Gasteiger partial charge < -0.3 is 19.5 Å². The summed E-state index contributed by atoms with van der Waals surface area (Å²) in [7, 11) is 2.98. The van der Waals surface area contributed by atoms with Gasteiger partial charge in [0.2, 0.25) is 5.88 Å². The summed E-state index contributed by atoms with van der Waals surface area (Å²) < 4.78 is 12.4. The van der Waals surface area contributed by atoms with Gasteiger partial charge in [0.25, 0.3) is 11.5 Å². The van der Waals surface area contributed by atoms with Crippen molar-refractivity contribution in [2.75, 3.05) is 27.3 Å². The van der Waals surface area contributed by atoms with Crippen molar-refractivity contribution in [1.29, 1.82) is 0 Å². The molecule has 1 saturated heterocycles. The second-order valence-corrected chi connectivity index (χ2v) is 9.06. The highest BCUT2D eigenvalue weighted by Gasteiger charge is 2.33. The average molecular weight is 513 g/mol. The Labute approximate surface area is 214 Å². The van der Waals surface area contributed by atoms with E-state index in [9.17, 15) is 14.7 Å². The number of aromatic hydroxyl groups is 1. The molecule has 36 heavy (non-hydrogen) atoms. The van der Waals surface area contributed by atoms with Crippen LogP contribution in [0.4, 0.5) is 0 Å². The minimum absolute atomic E-state index is 0.00156. The predicted octanol–water partition coefficient (Wildman–Crippen LogP) is 3.98. The van der Waals surface area contributed by atoms with Crippen LogP contribution < -0.4 is 15.0 Å². The Kier molecular flexibility index (Phi) is 7.79. The molecule has 1 aliphatic heterocycles. The van der Waals surface area contributed by atoms with Gasteiger partial charge in [-0.3, -0.25) is 19.1 Å². The zero-order chi connectivity index (χ0) is 25.8. The minimum Gasteiger partial charge on any atom is -0.494 e. The molecule has 1 unspecified atom stereocenters. The molecule has 1 N–H and O–H groups in total. The molecule has 4 rings (SSSR count). The number of benzene rings is 1. The number of methoxy groups -OCH3 is 2. The standard InChI is InChI=1S/C26H29ClN4O5/c1-4-5-9-21-29-24(32)22(26(34)31(21)23-19(35-2)7-6-8-20(23)36-3)25(33)30-13-12-16(15-30)18-11-10-17(27)14-28-18/h6-8,10-11,14,16,32H,4-5,9,12-13,15H2,1-3H3. The van der Waals surface area contributed by atoms with Gasteiger partial charge in [0.1, 0.15) is 23.0 Å². The fourth-order valence-electron chi connectivity index (χ4n) is 4.50. The topological polar surface area (TPSA) is 107 Å². The summed E-state index contributed by atoms with van der Waals surface area (Å²) >= 11 is 5.95. The van der Waals surface area contributed by atoms with Crippen LogP contribution in [0.5, 0.6) is 17.4 Å². The summed E-state index contributed by atoms with van der Waals surface area (Å²) in [5.74, 6) is -0.0595. The van der Waals surface area contributed by atoms with Crippen molar-refractivity contribution in [3.05, 3.63) is 69.0 Å². The van der Waals surface area contributed by atoms with Crippen molar-refractivity contribution in [1.82, 2.24) is 19.4 Å². The SMILES string of the molecule is CCCCc1nc(O)c(C(=O)N2CCC(c3ccc(Cl)cn3)C2)c(=O)n1-c1c(OC)cccc1OC. The molecule has 0 aliphatic carbocycles. The lowest BCUT2D eigenvalue weighted by Gasteiger charge is -2.21. The zero-order valence-corrected chi connectivity index (χ0v) is 21.3. The molecule has 2 aromatic heterocycles. The van der Waals surface area contributed by atoms with E-state index in [-0.39, 0.29) is 11.5 Å². The lowest BCUT2D eigenvalue weighted by atomic mass is 10.0. The van der Waals surface area contributed by atoms with Crippen molar-refractivity contribution in [2.24, 2.45) is 0 Å².